The van der Waals surface area contributed by atoms with E-state index < -0.39 is 6.04 Å². The van der Waals surface area contributed by atoms with Crippen LogP contribution in [0, 0.1) is 0 Å². The molecule has 1 aliphatic heterocycles. The summed E-state index contributed by atoms with van der Waals surface area (Å²) in [7, 11) is 0. The van der Waals surface area contributed by atoms with Gasteiger partial charge < -0.3 is 10.5 Å². The lowest BCUT2D eigenvalue weighted by atomic mass is 10.1. The second-order valence-corrected chi connectivity index (χ2v) is 4.65. The fourth-order valence-corrected chi connectivity index (χ4v) is 2.68. The molecule has 0 bridgehead atoms. The van der Waals surface area contributed by atoms with Crippen molar-refractivity contribution in [2.45, 2.75) is 26.0 Å². The van der Waals surface area contributed by atoms with E-state index >= 15 is 0 Å². The van der Waals surface area contributed by atoms with Gasteiger partial charge in [0.05, 0.1) is 24.1 Å². The maximum Gasteiger partial charge on any atom is 0.189 e. The zero-order valence-corrected chi connectivity index (χ0v) is 8.89. The fourth-order valence-electron chi connectivity index (χ4n) is 1.49. The van der Waals surface area contributed by atoms with Crippen LogP contribution in [-0.4, -0.2) is 18.4 Å². The Morgan fingerprint density at radius 3 is 3.14 bits per heavy atom. The lowest BCUT2D eigenvalue weighted by Gasteiger charge is -2.10. The molecule has 1 atom stereocenters. The number of thiophene rings is 1. The summed E-state index contributed by atoms with van der Waals surface area (Å²) in [5, 5.41) is 0. The van der Waals surface area contributed by atoms with Gasteiger partial charge in [-0.25, -0.2) is 0 Å². The van der Waals surface area contributed by atoms with Crippen LogP contribution in [0.5, 0.6) is 0 Å². The maximum atomic E-state index is 11.6. The van der Waals surface area contributed by atoms with Crippen molar-refractivity contribution in [2.75, 3.05) is 6.61 Å². The van der Waals surface area contributed by atoms with Gasteiger partial charge in [-0.2, -0.15) is 0 Å². The standard InChI is InChI=1S/C10H13NO2S/c1-6(11)10(12)9-4-7-5-13-3-2-8(7)14-9/h4,6H,2-3,5,11H2,1H3. The summed E-state index contributed by atoms with van der Waals surface area (Å²) >= 11 is 1.56. The van der Waals surface area contributed by atoms with Crippen LogP contribution in [0.2, 0.25) is 0 Å². The van der Waals surface area contributed by atoms with E-state index in [2.05, 4.69) is 0 Å². The Labute approximate surface area is 86.9 Å². The Morgan fingerprint density at radius 1 is 1.71 bits per heavy atom. The summed E-state index contributed by atoms with van der Waals surface area (Å²) in [5.74, 6) is 0.0319. The van der Waals surface area contributed by atoms with E-state index in [4.69, 9.17) is 10.5 Å². The van der Waals surface area contributed by atoms with Crippen LogP contribution >= 0.6 is 11.3 Å². The average molecular weight is 211 g/mol. The smallest absolute Gasteiger partial charge is 0.189 e. The van der Waals surface area contributed by atoms with Crippen molar-refractivity contribution in [3.8, 4) is 0 Å². The summed E-state index contributed by atoms with van der Waals surface area (Å²) in [5.41, 5.74) is 6.71. The molecule has 0 saturated heterocycles. The largest absolute Gasteiger partial charge is 0.376 e. The molecule has 1 aromatic heterocycles. The molecular weight excluding hydrogens is 198 g/mol. The van der Waals surface area contributed by atoms with E-state index in [9.17, 15) is 4.79 Å². The molecule has 0 saturated carbocycles. The minimum atomic E-state index is -0.406. The molecule has 2 rings (SSSR count). The van der Waals surface area contributed by atoms with E-state index in [0.29, 0.717) is 6.61 Å². The van der Waals surface area contributed by atoms with Crippen LogP contribution in [-0.2, 0) is 17.8 Å². The van der Waals surface area contributed by atoms with Gasteiger partial charge in [-0.05, 0) is 18.6 Å². The van der Waals surface area contributed by atoms with Crippen molar-refractivity contribution in [2.24, 2.45) is 5.73 Å². The Balaban J connectivity index is 2.28. The second kappa shape index (κ2) is 3.81. The monoisotopic (exact) mass is 211 g/mol. The van der Waals surface area contributed by atoms with Crippen molar-refractivity contribution in [3.63, 3.8) is 0 Å². The zero-order valence-electron chi connectivity index (χ0n) is 8.08. The highest BCUT2D eigenvalue weighted by Crippen LogP contribution is 2.27. The van der Waals surface area contributed by atoms with E-state index in [1.165, 1.54) is 4.88 Å². The van der Waals surface area contributed by atoms with Crippen LogP contribution in [0.4, 0.5) is 0 Å². The first-order valence-electron chi connectivity index (χ1n) is 4.67. The summed E-state index contributed by atoms with van der Waals surface area (Å²) < 4.78 is 5.31. The molecule has 4 heteroatoms. The molecule has 1 aromatic rings. The third-order valence-corrected chi connectivity index (χ3v) is 3.54. The van der Waals surface area contributed by atoms with Crippen LogP contribution in [0.15, 0.2) is 6.07 Å². The van der Waals surface area contributed by atoms with Crippen LogP contribution in [0.25, 0.3) is 0 Å². The molecule has 0 amide bonds. The number of Topliss-reactive ketones (excluding diaryl/α,β-unsaturated/α-hetero) is 1. The minimum absolute atomic E-state index is 0.0319. The van der Waals surface area contributed by atoms with E-state index in [1.54, 1.807) is 18.3 Å². The van der Waals surface area contributed by atoms with Gasteiger partial charge in [-0.15, -0.1) is 11.3 Å². The molecule has 2 heterocycles. The molecule has 14 heavy (non-hydrogen) atoms. The minimum Gasteiger partial charge on any atom is -0.376 e. The Bertz CT molecular complexity index is 334. The lowest BCUT2D eigenvalue weighted by molar-refractivity contribution is 0.0971. The topological polar surface area (TPSA) is 52.3 Å². The van der Waals surface area contributed by atoms with Crippen molar-refractivity contribution in [1.82, 2.24) is 0 Å². The third kappa shape index (κ3) is 1.73. The van der Waals surface area contributed by atoms with Gasteiger partial charge in [0.15, 0.2) is 5.78 Å². The van der Waals surface area contributed by atoms with Gasteiger partial charge in [0.1, 0.15) is 0 Å². The highest BCUT2D eigenvalue weighted by Gasteiger charge is 2.19. The average Bonchev–Trinajstić information content (AvgIpc) is 2.59. The number of carbonyl (C=O) groups is 1. The number of ether oxygens (including phenoxy) is 1. The fraction of sp³-hybridized carbons (Fsp3) is 0.500. The molecule has 0 aliphatic carbocycles. The SMILES string of the molecule is CC(N)C(=O)c1cc2c(s1)CCOC2. The number of carbonyl (C=O) groups excluding carboxylic acids is 1. The van der Waals surface area contributed by atoms with E-state index in [0.717, 1.165) is 23.5 Å². The van der Waals surface area contributed by atoms with Crippen molar-refractivity contribution in [1.29, 1.82) is 0 Å². The van der Waals surface area contributed by atoms with Gasteiger partial charge in [-0.3, -0.25) is 4.79 Å². The van der Waals surface area contributed by atoms with E-state index in [-0.39, 0.29) is 5.78 Å². The number of nitrogens with two attached hydrogens (primary N) is 1. The number of hydrogen-bond acceptors (Lipinski definition) is 4. The molecule has 1 aliphatic rings. The maximum absolute atomic E-state index is 11.6. The summed E-state index contributed by atoms with van der Waals surface area (Å²) in [6, 6.07) is 1.52. The first-order valence-corrected chi connectivity index (χ1v) is 5.49. The number of ketones is 1. The Kier molecular flexibility index (Phi) is 2.67. The molecule has 0 aromatic carbocycles. The molecule has 0 fully saturated rings. The van der Waals surface area contributed by atoms with Crippen molar-refractivity contribution in [3.05, 3.63) is 21.4 Å². The first-order chi connectivity index (χ1) is 6.68. The summed E-state index contributed by atoms with van der Waals surface area (Å²) in [6.45, 7) is 3.12. The molecule has 3 nitrogen and oxygen atoms in total. The predicted molar refractivity (Wildman–Crippen MR) is 55.7 cm³/mol. The van der Waals surface area contributed by atoms with Gasteiger partial charge in [0.2, 0.25) is 0 Å². The zero-order chi connectivity index (χ0) is 10.1. The number of hydrogen-bond donors (Lipinski definition) is 1. The van der Waals surface area contributed by atoms with Crippen LogP contribution < -0.4 is 5.73 Å². The number of fused-ring (bicyclic) bond motifs is 1. The molecule has 2 N–H and O–H groups in total. The van der Waals surface area contributed by atoms with Gasteiger partial charge in [0, 0.05) is 11.3 Å². The predicted octanol–water partition coefficient (Wildman–Crippen LogP) is 1.35. The van der Waals surface area contributed by atoms with Gasteiger partial charge in [0.25, 0.3) is 0 Å². The van der Waals surface area contributed by atoms with E-state index in [1.807, 2.05) is 6.07 Å². The molecule has 0 radical (unpaired) electrons. The van der Waals surface area contributed by atoms with Gasteiger partial charge in [-0.1, -0.05) is 0 Å². The lowest BCUT2D eigenvalue weighted by Crippen LogP contribution is -2.25. The van der Waals surface area contributed by atoms with Crippen molar-refractivity contribution < 1.29 is 9.53 Å². The Morgan fingerprint density at radius 2 is 2.50 bits per heavy atom. The quantitative estimate of drug-likeness (QED) is 0.751. The second-order valence-electron chi connectivity index (χ2n) is 3.51. The normalized spacial score (nSPS) is 17.6. The summed E-state index contributed by atoms with van der Waals surface area (Å²) in [6.07, 6.45) is 0.923. The first kappa shape index (κ1) is 9.83. The van der Waals surface area contributed by atoms with Crippen LogP contribution in [0.1, 0.15) is 27.0 Å². The van der Waals surface area contributed by atoms with Crippen LogP contribution in [0.3, 0.4) is 0 Å². The highest BCUT2D eigenvalue weighted by molar-refractivity contribution is 7.14. The molecular formula is C10H13NO2S. The highest BCUT2D eigenvalue weighted by atomic mass is 32.1. The summed E-state index contributed by atoms with van der Waals surface area (Å²) in [4.78, 5) is 13.7. The Hall–Kier alpha value is -0.710. The van der Waals surface area contributed by atoms with Gasteiger partial charge >= 0.3 is 0 Å². The molecule has 1 unspecified atom stereocenters. The molecule has 76 valence electrons. The third-order valence-electron chi connectivity index (χ3n) is 2.28. The number of rotatable bonds is 2. The van der Waals surface area contributed by atoms with Crippen molar-refractivity contribution >= 4 is 17.1 Å². The molecule has 0 spiro atoms.